The van der Waals surface area contributed by atoms with Crippen LogP contribution in [0.2, 0.25) is 0 Å². The summed E-state index contributed by atoms with van der Waals surface area (Å²) in [5, 5.41) is 1.26. The van der Waals surface area contributed by atoms with Gasteiger partial charge in [0.15, 0.2) is 0 Å². The maximum Gasteiger partial charge on any atom is 0.257 e. The smallest absolute Gasteiger partial charge is 0.257 e. The van der Waals surface area contributed by atoms with E-state index in [4.69, 9.17) is 0 Å². The van der Waals surface area contributed by atoms with Crippen LogP contribution in [0.1, 0.15) is 11.1 Å². The van der Waals surface area contributed by atoms with Crippen LogP contribution in [0.25, 0.3) is 6.08 Å². The van der Waals surface area contributed by atoms with E-state index in [-0.39, 0.29) is 6.54 Å². The average molecular weight is 349 g/mol. The lowest BCUT2D eigenvalue weighted by molar-refractivity contribution is 0.599. The van der Waals surface area contributed by atoms with Gasteiger partial charge in [0.2, 0.25) is 0 Å². The van der Waals surface area contributed by atoms with E-state index in [1.807, 2.05) is 78.9 Å². The van der Waals surface area contributed by atoms with Crippen LogP contribution >= 0.6 is 0 Å². The van der Waals surface area contributed by atoms with Crippen molar-refractivity contribution in [3.63, 3.8) is 0 Å². The molecule has 3 nitrogen and oxygen atoms in total. The number of sulfonamides is 1. The molecule has 25 heavy (non-hydrogen) atoms. The molecular weight excluding hydrogens is 330 g/mol. The Morgan fingerprint density at radius 3 is 1.84 bits per heavy atom. The minimum Gasteiger partial charge on any atom is -0.262 e. The van der Waals surface area contributed by atoms with Gasteiger partial charge < -0.3 is 0 Å². The van der Waals surface area contributed by atoms with Gasteiger partial charge in [-0.25, -0.2) is 8.42 Å². The number of rotatable bonds is 6. The van der Waals surface area contributed by atoms with Crippen molar-refractivity contribution >= 4 is 21.8 Å². The quantitative estimate of drug-likeness (QED) is 0.647. The van der Waals surface area contributed by atoms with Crippen LogP contribution in [-0.4, -0.2) is 8.42 Å². The van der Waals surface area contributed by atoms with Gasteiger partial charge in [-0.1, -0.05) is 78.9 Å². The molecule has 0 aromatic heterocycles. The summed E-state index contributed by atoms with van der Waals surface area (Å²) in [5.74, 6) is 0. The highest BCUT2D eigenvalue weighted by atomic mass is 32.2. The number of anilines is 1. The van der Waals surface area contributed by atoms with E-state index in [0.29, 0.717) is 5.69 Å². The van der Waals surface area contributed by atoms with Gasteiger partial charge in [-0.15, -0.1) is 0 Å². The van der Waals surface area contributed by atoms with Gasteiger partial charge >= 0.3 is 0 Å². The van der Waals surface area contributed by atoms with Gasteiger partial charge in [-0.2, -0.15) is 0 Å². The molecular formula is C21H19NO2S. The van der Waals surface area contributed by atoms with Gasteiger partial charge in [0.1, 0.15) is 0 Å². The Balaban J connectivity index is 1.94. The molecule has 3 aromatic rings. The van der Waals surface area contributed by atoms with Crippen LogP contribution in [0, 0.1) is 0 Å². The van der Waals surface area contributed by atoms with Gasteiger partial charge in [0.25, 0.3) is 10.0 Å². The topological polar surface area (TPSA) is 37.4 Å². The Kier molecular flexibility index (Phi) is 5.31. The fourth-order valence-electron chi connectivity index (χ4n) is 2.47. The molecule has 0 unspecified atom stereocenters. The zero-order chi connectivity index (χ0) is 17.5. The highest BCUT2D eigenvalue weighted by molar-refractivity contribution is 7.95. The number of hydrogen-bond donors (Lipinski definition) is 0. The summed E-state index contributed by atoms with van der Waals surface area (Å²) in [6.45, 7) is 0.284. The largest absolute Gasteiger partial charge is 0.262 e. The second kappa shape index (κ2) is 7.81. The Morgan fingerprint density at radius 2 is 1.24 bits per heavy atom. The monoisotopic (exact) mass is 349 g/mol. The Hall–Kier alpha value is -2.85. The molecule has 0 amide bonds. The third-order valence-corrected chi connectivity index (χ3v) is 5.19. The summed E-state index contributed by atoms with van der Waals surface area (Å²) in [4.78, 5) is 0. The molecule has 0 saturated carbocycles. The van der Waals surface area contributed by atoms with Crippen LogP contribution in [-0.2, 0) is 16.6 Å². The minimum absolute atomic E-state index is 0.284. The summed E-state index contributed by atoms with van der Waals surface area (Å²) in [5.41, 5.74) is 2.42. The van der Waals surface area contributed by atoms with Gasteiger partial charge in [-0.05, 0) is 29.3 Å². The zero-order valence-corrected chi connectivity index (χ0v) is 14.5. The number of nitrogens with zero attached hydrogens (tertiary/aromatic N) is 1. The third kappa shape index (κ3) is 4.58. The molecule has 0 aliphatic carbocycles. The summed E-state index contributed by atoms with van der Waals surface area (Å²) in [7, 11) is -3.62. The van der Waals surface area contributed by atoms with Crippen molar-refractivity contribution in [2.75, 3.05) is 4.31 Å². The summed E-state index contributed by atoms with van der Waals surface area (Å²) in [6.07, 6.45) is 1.62. The first-order valence-corrected chi connectivity index (χ1v) is 9.50. The highest BCUT2D eigenvalue weighted by Gasteiger charge is 2.20. The minimum atomic E-state index is -3.62. The zero-order valence-electron chi connectivity index (χ0n) is 13.7. The van der Waals surface area contributed by atoms with E-state index in [1.165, 1.54) is 9.71 Å². The standard InChI is InChI=1S/C21H19NO2S/c23-25(24,17-16-19-10-4-1-5-11-19)22(21-14-8-3-9-15-21)18-20-12-6-2-7-13-20/h1-17H,18H2. The second-order valence-electron chi connectivity index (χ2n) is 5.59. The molecule has 0 atom stereocenters. The van der Waals surface area contributed by atoms with Crippen LogP contribution in [0.4, 0.5) is 5.69 Å². The molecule has 4 heteroatoms. The lowest BCUT2D eigenvalue weighted by Gasteiger charge is -2.23. The average Bonchev–Trinajstić information content (AvgIpc) is 2.67. The molecule has 0 spiro atoms. The van der Waals surface area contributed by atoms with Crippen molar-refractivity contribution < 1.29 is 8.42 Å². The first-order chi connectivity index (χ1) is 12.1. The fourth-order valence-corrected chi connectivity index (χ4v) is 3.69. The molecule has 0 bridgehead atoms. The van der Waals surface area contributed by atoms with Gasteiger partial charge in [-0.3, -0.25) is 4.31 Å². The molecule has 0 aliphatic heterocycles. The van der Waals surface area contributed by atoms with Crippen LogP contribution in [0.15, 0.2) is 96.4 Å². The van der Waals surface area contributed by atoms with E-state index in [0.717, 1.165) is 11.1 Å². The van der Waals surface area contributed by atoms with E-state index < -0.39 is 10.0 Å². The van der Waals surface area contributed by atoms with E-state index in [9.17, 15) is 8.42 Å². The second-order valence-corrected chi connectivity index (χ2v) is 7.33. The number of para-hydroxylation sites is 1. The van der Waals surface area contributed by atoms with E-state index in [1.54, 1.807) is 18.2 Å². The van der Waals surface area contributed by atoms with Crippen molar-refractivity contribution in [2.45, 2.75) is 6.54 Å². The molecule has 0 heterocycles. The Bertz CT molecular complexity index is 921. The molecule has 0 fully saturated rings. The van der Waals surface area contributed by atoms with Crippen molar-refractivity contribution in [3.05, 3.63) is 108 Å². The number of benzene rings is 3. The molecule has 0 saturated heterocycles. The van der Waals surface area contributed by atoms with E-state index >= 15 is 0 Å². The van der Waals surface area contributed by atoms with Crippen LogP contribution in [0.5, 0.6) is 0 Å². The van der Waals surface area contributed by atoms with Crippen molar-refractivity contribution in [1.29, 1.82) is 0 Å². The lowest BCUT2D eigenvalue weighted by atomic mass is 10.2. The Labute approximate surface area is 148 Å². The molecule has 0 N–H and O–H groups in total. The van der Waals surface area contributed by atoms with Crippen LogP contribution in [0.3, 0.4) is 0 Å². The maximum absolute atomic E-state index is 12.9. The van der Waals surface area contributed by atoms with Crippen molar-refractivity contribution in [1.82, 2.24) is 0 Å². The molecule has 0 radical (unpaired) electrons. The third-order valence-electron chi connectivity index (χ3n) is 3.75. The fraction of sp³-hybridized carbons (Fsp3) is 0.0476. The van der Waals surface area contributed by atoms with Crippen molar-refractivity contribution in [3.8, 4) is 0 Å². The first kappa shape index (κ1) is 17.0. The highest BCUT2D eigenvalue weighted by Crippen LogP contribution is 2.22. The molecule has 0 aliphatic rings. The first-order valence-electron chi connectivity index (χ1n) is 8.00. The van der Waals surface area contributed by atoms with E-state index in [2.05, 4.69) is 0 Å². The molecule has 126 valence electrons. The lowest BCUT2D eigenvalue weighted by Crippen LogP contribution is -2.28. The maximum atomic E-state index is 12.9. The van der Waals surface area contributed by atoms with Crippen LogP contribution < -0.4 is 4.31 Å². The molecule has 3 aromatic carbocycles. The normalized spacial score (nSPS) is 11.5. The van der Waals surface area contributed by atoms with Gasteiger partial charge in [0.05, 0.1) is 17.6 Å². The number of hydrogen-bond acceptors (Lipinski definition) is 2. The summed E-state index contributed by atoms with van der Waals surface area (Å²) >= 11 is 0. The predicted molar refractivity (Wildman–Crippen MR) is 103 cm³/mol. The van der Waals surface area contributed by atoms with Gasteiger partial charge in [0, 0.05) is 0 Å². The SMILES string of the molecule is O=S(=O)(C=Cc1ccccc1)N(Cc1ccccc1)c1ccccc1. The predicted octanol–water partition coefficient (Wildman–Crippen LogP) is 4.69. The van der Waals surface area contributed by atoms with Crippen molar-refractivity contribution in [2.24, 2.45) is 0 Å². The molecule has 3 rings (SSSR count). The summed E-state index contributed by atoms with van der Waals surface area (Å²) < 4.78 is 27.3. The summed E-state index contributed by atoms with van der Waals surface area (Å²) in [6, 6.07) is 28.1. The Morgan fingerprint density at radius 1 is 0.720 bits per heavy atom.